The summed E-state index contributed by atoms with van der Waals surface area (Å²) < 4.78 is 5.79. The van der Waals surface area contributed by atoms with E-state index < -0.39 is 0 Å². The van der Waals surface area contributed by atoms with Crippen molar-refractivity contribution < 1.29 is 4.74 Å². The molecule has 0 radical (unpaired) electrons. The number of benzene rings is 2. The van der Waals surface area contributed by atoms with Gasteiger partial charge in [-0.05, 0) is 43.2 Å². The molecule has 96 valence electrons. The molecule has 0 fully saturated rings. The van der Waals surface area contributed by atoms with E-state index in [2.05, 4.69) is 32.0 Å². The maximum absolute atomic E-state index is 8.73. The molecule has 2 heteroatoms. The first-order chi connectivity index (χ1) is 9.19. The summed E-state index contributed by atoms with van der Waals surface area (Å²) >= 11 is 0. The van der Waals surface area contributed by atoms with E-state index in [1.807, 2.05) is 30.3 Å². The molecule has 19 heavy (non-hydrogen) atoms. The normalized spacial score (nSPS) is 9.95. The Morgan fingerprint density at radius 1 is 1.05 bits per heavy atom. The highest BCUT2D eigenvalue weighted by atomic mass is 16.5. The van der Waals surface area contributed by atoms with E-state index in [0.29, 0.717) is 12.2 Å². The third kappa shape index (κ3) is 3.59. The van der Waals surface area contributed by atoms with Crippen molar-refractivity contribution >= 4 is 0 Å². The Hall–Kier alpha value is -2.27. The number of rotatable bonds is 4. The molecule has 0 aliphatic carbocycles. The predicted molar refractivity (Wildman–Crippen MR) is 76.3 cm³/mol. The summed E-state index contributed by atoms with van der Waals surface area (Å²) in [5, 5.41) is 8.73. The molecule has 0 saturated heterocycles. The van der Waals surface area contributed by atoms with Crippen LogP contribution in [0.4, 0.5) is 0 Å². The minimum Gasteiger partial charge on any atom is -0.493 e. The van der Waals surface area contributed by atoms with Gasteiger partial charge in [-0.15, -0.1) is 0 Å². The molecule has 0 N–H and O–H groups in total. The fourth-order valence-corrected chi connectivity index (χ4v) is 1.99. The molecule has 0 bridgehead atoms. The van der Waals surface area contributed by atoms with E-state index in [-0.39, 0.29) is 0 Å². The van der Waals surface area contributed by atoms with Crippen molar-refractivity contribution in [2.24, 2.45) is 0 Å². The number of aryl methyl sites for hydroxylation is 2. The molecule has 2 aromatic rings. The van der Waals surface area contributed by atoms with Gasteiger partial charge in [-0.3, -0.25) is 0 Å². The second-order valence-corrected chi connectivity index (χ2v) is 4.68. The lowest BCUT2D eigenvalue weighted by molar-refractivity contribution is 0.319. The molecule has 0 atom stereocenters. The number of hydrogen-bond acceptors (Lipinski definition) is 2. The van der Waals surface area contributed by atoms with Gasteiger partial charge in [-0.1, -0.05) is 29.8 Å². The molecule has 0 aliphatic heterocycles. The zero-order valence-corrected chi connectivity index (χ0v) is 11.3. The minimum atomic E-state index is 0.649. The Morgan fingerprint density at radius 3 is 2.42 bits per heavy atom. The van der Waals surface area contributed by atoms with Crippen molar-refractivity contribution in [1.82, 2.24) is 0 Å². The van der Waals surface area contributed by atoms with Crippen LogP contribution in [0.1, 0.15) is 22.3 Å². The topological polar surface area (TPSA) is 33.0 Å². The van der Waals surface area contributed by atoms with E-state index in [4.69, 9.17) is 10.00 Å². The van der Waals surface area contributed by atoms with E-state index in [1.165, 1.54) is 16.7 Å². The van der Waals surface area contributed by atoms with Crippen molar-refractivity contribution in [3.8, 4) is 11.8 Å². The molecule has 2 aromatic carbocycles. The van der Waals surface area contributed by atoms with Gasteiger partial charge in [0.15, 0.2) is 0 Å². The van der Waals surface area contributed by atoms with Gasteiger partial charge in [-0.25, -0.2) is 0 Å². The zero-order chi connectivity index (χ0) is 13.7. The lowest BCUT2D eigenvalue weighted by atomic mass is 10.1. The number of ether oxygens (including phenoxy) is 1. The Balaban J connectivity index is 1.91. The van der Waals surface area contributed by atoms with Crippen LogP contribution in [-0.2, 0) is 6.42 Å². The van der Waals surface area contributed by atoms with Crippen LogP contribution in [0.3, 0.4) is 0 Å². The summed E-state index contributed by atoms with van der Waals surface area (Å²) in [4.78, 5) is 0. The molecule has 0 spiro atoms. The Kier molecular flexibility index (Phi) is 4.20. The second-order valence-electron chi connectivity index (χ2n) is 4.68. The molecular weight excluding hydrogens is 234 g/mol. The summed E-state index contributed by atoms with van der Waals surface area (Å²) in [6, 6.07) is 15.9. The molecule has 0 heterocycles. The van der Waals surface area contributed by atoms with E-state index in [1.54, 1.807) is 0 Å². The maximum Gasteiger partial charge on any atom is 0.122 e. The van der Waals surface area contributed by atoms with Gasteiger partial charge >= 0.3 is 0 Å². The summed E-state index contributed by atoms with van der Waals surface area (Å²) in [7, 11) is 0. The molecular formula is C17H17NO. The molecule has 0 unspecified atom stereocenters. The summed E-state index contributed by atoms with van der Waals surface area (Å²) in [6.45, 7) is 4.79. The standard InChI is InChI=1S/C17H17NO/c1-13-3-8-17(14(2)11-13)19-10-9-15-4-6-16(12-18)7-5-15/h3-8,11H,9-10H2,1-2H3. The van der Waals surface area contributed by atoms with Gasteiger partial charge in [0.1, 0.15) is 5.75 Å². The van der Waals surface area contributed by atoms with Gasteiger partial charge in [0.2, 0.25) is 0 Å². The van der Waals surface area contributed by atoms with Crippen molar-refractivity contribution in [2.45, 2.75) is 20.3 Å². The highest BCUT2D eigenvalue weighted by Crippen LogP contribution is 2.18. The first-order valence-electron chi connectivity index (χ1n) is 6.38. The zero-order valence-electron chi connectivity index (χ0n) is 11.3. The Bertz CT molecular complexity index is 594. The first-order valence-corrected chi connectivity index (χ1v) is 6.38. The molecule has 0 amide bonds. The summed E-state index contributed by atoms with van der Waals surface area (Å²) in [6.07, 6.45) is 0.846. The minimum absolute atomic E-state index is 0.649. The van der Waals surface area contributed by atoms with Gasteiger partial charge in [0, 0.05) is 6.42 Å². The van der Waals surface area contributed by atoms with Crippen molar-refractivity contribution in [3.63, 3.8) is 0 Å². The summed E-state index contributed by atoms with van der Waals surface area (Å²) in [5.41, 5.74) is 4.29. The van der Waals surface area contributed by atoms with Crippen LogP contribution in [0, 0.1) is 25.2 Å². The second kappa shape index (κ2) is 6.06. The van der Waals surface area contributed by atoms with Gasteiger partial charge in [0.05, 0.1) is 18.2 Å². The van der Waals surface area contributed by atoms with Crippen LogP contribution < -0.4 is 4.74 Å². The highest BCUT2D eigenvalue weighted by Gasteiger charge is 2.00. The van der Waals surface area contributed by atoms with Gasteiger partial charge in [-0.2, -0.15) is 5.26 Å². The SMILES string of the molecule is Cc1ccc(OCCc2ccc(C#N)cc2)c(C)c1. The van der Waals surface area contributed by atoms with E-state index in [9.17, 15) is 0 Å². The van der Waals surface area contributed by atoms with Crippen molar-refractivity contribution in [2.75, 3.05) is 6.61 Å². The number of hydrogen-bond donors (Lipinski definition) is 0. The third-order valence-electron chi connectivity index (χ3n) is 3.06. The summed E-state index contributed by atoms with van der Waals surface area (Å²) in [5.74, 6) is 0.944. The quantitative estimate of drug-likeness (QED) is 0.828. The largest absolute Gasteiger partial charge is 0.493 e. The molecule has 0 saturated carbocycles. The number of nitriles is 1. The third-order valence-corrected chi connectivity index (χ3v) is 3.06. The highest BCUT2D eigenvalue weighted by molar-refractivity contribution is 5.36. The van der Waals surface area contributed by atoms with Crippen molar-refractivity contribution in [1.29, 1.82) is 5.26 Å². The smallest absolute Gasteiger partial charge is 0.122 e. The van der Waals surface area contributed by atoms with Crippen LogP contribution >= 0.6 is 0 Å². The molecule has 0 aliphatic rings. The maximum atomic E-state index is 8.73. The lowest BCUT2D eigenvalue weighted by Gasteiger charge is -2.09. The molecule has 2 rings (SSSR count). The molecule has 2 nitrogen and oxygen atoms in total. The predicted octanol–water partition coefficient (Wildman–Crippen LogP) is 3.80. The average molecular weight is 251 g/mol. The van der Waals surface area contributed by atoms with Crippen LogP contribution in [0.5, 0.6) is 5.75 Å². The Morgan fingerprint density at radius 2 is 1.79 bits per heavy atom. The van der Waals surface area contributed by atoms with Crippen LogP contribution in [0.25, 0.3) is 0 Å². The van der Waals surface area contributed by atoms with Crippen LogP contribution in [0.2, 0.25) is 0 Å². The first kappa shape index (κ1) is 13.2. The monoisotopic (exact) mass is 251 g/mol. The van der Waals surface area contributed by atoms with Crippen LogP contribution in [0.15, 0.2) is 42.5 Å². The lowest BCUT2D eigenvalue weighted by Crippen LogP contribution is -2.02. The number of nitrogens with zero attached hydrogens (tertiary/aromatic N) is 1. The fraction of sp³-hybridized carbons (Fsp3) is 0.235. The van der Waals surface area contributed by atoms with Crippen LogP contribution in [-0.4, -0.2) is 6.61 Å². The Labute approximate surface area is 114 Å². The van der Waals surface area contributed by atoms with E-state index in [0.717, 1.165) is 12.2 Å². The van der Waals surface area contributed by atoms with E-state index >= 15 is 0 Å². The van der Waals surface area contributed by atoms with Gasteiger partial charge < -0.3 is 4.74 Å². The average Bonchev–Trinajstić information content (AvgIpc) is 2.42. The van der Waals surface area contributed by atoms with Crippen molar-refractivity contribution in [3.05, 3.63) is 64.7 Å². The van der Waals surface area contributed by atoms with Gasteiger partial charge in [0.25, 0.3) is 0 Å². The fourth-order valence-electron chi connectivity index (χ4n) is 1.99. The molecule has 0 aromatic heterocycles.